The summed E-state index contributed by atoms with van der Waals surface area (Å²) in [6.07, 6.45) is 0. The van der Waals surface area contributed by atoms with Crippen molar-refractivity contribution in [2.45, 2.75) is 0 Å². The van der Waals surface area contributed by atoms with Gasteiger partial charge in [0.2, 0.25) is 0 Å². The first-order valence-electron chi connectivity index (χ1n) is 0.692. The summed E-state index contributed by atoms with van der Waals surface area (Å²) < 4.78 is -0.883. The minimum atomic E-state index is -0.975. The zero-order valence-corrected chi connectivity index (χ0v) is 4.96. The first-order chi connectivity index (χ1) is 2.27. The summed E-state index contributed by atoms with van der Waals surface area (Å²) >= 11 is -0.975. The summed E-state index contributed by atoms with van der Waals surface area (Å²) in [4.78, 5) is 9.28. The van der Waals surface area contributed by atoms with E-state index in [1.165, 1.54) is 0 Å². The van der Waals surface area contributed by atoms with Gasteiger partial charge in [-0.3, -0.25) is 0 Å². The molecule has 0 aromatic rings. The second-order valence-corrected chi connectivity index (χ2v) is 2.55. The van der Waals surface area contributed by atoms with Crippen LogP contribution in [0.1, 0.15) is 0 Å². The molecule has 0 bridgehead atoms. The number of halogens is 1. The molecule has 0 unspecified atom stereocenters. The van der Waals surface area contributed by atoms with Gasteiger partial charge in [-0.1, -0.05) is 0 Å². The van der Waals surface area contributed by atoms with Crippen molar-refractivity contribution in [2.24, 2.45) is 0 Å². The molecule has 0 aromatic heterocycles. The fourth-order valence-electron chi connectivity index (χ4n) is 0. The zero-order valence-electron chi connectivity index (χ0n) is 2.03. The number of carbonyl (C=O) groups is 1. The topological polar surface area (TPSA) is 37.3 Å². The normalized spacial score (nSPS) is 8.20. The summed E-state index contributed by atoms with van der Waals surface area (Å²) in [6.45, 7) is 0. The first-order valence-corrected chi connectivity index (χ1v) is 4.46. The molecule has 0 aliphatic heterocycles. The Hall–Kier alpha value is 0.500. The third-order valence-electron chi connectivity index (χ3n) is 0.0487. The summed E-state index contributed by atoms with van der Waals surface area (Å²) in [5.74, 6) is 0. The molecule has 0 radical (unpaired) electrons. The van der Waals surface area contributed by atoms with Crippen LogP contribution in [0, 0.1) is 0 Å². The number of carboxylic acid groups (broad SMARTS) is 1. The van der Waals surface area contributed by atoms with E-state index in [1.54, 1.807) is 0 Å². The molecule has 0 aliphatic carbocycles. The van der Waals surface area contributed by atoms with Crippen LogP contribution in [0.5, 0.6) is 0 Å². The third kappa shape index (κ3) is 4.50. The van der Waals surface area contributed by atoms with Gasteiger partial charge in [-0.2, -0.15) is 0 Å². The monoisotopic (exact) mass is 277 g/mol. The van der Waals surface area contributed by atoms with Gasteiger partial charge < -0.3 is 0 Å². The van der Waals surface area contributed by atoms with E-state index >= 15 is 0 Å². The Balaban J connectivity index is 2.85. The Morgan fingerprint density at radius 1 is 2.00 bits per heavy atom. The van der Waals surface area contributed by atoms with Gasteiger partial charge in [-0.15, -0.1) is 0 Å². The van der Waals surface area contributed by atoms with E-state index in [4.69, 9.17) is 14.3 Å². The van der Waals surface area contributed by atoms with E-state index in [0.717, 1.165) is 0 Å². The van der Waals surface area contributed by atoms with Gasteiger partial charge in [-0.05, 0) is 0 Å². The van der Waals surface area contributed by atoms with E-state index in [2.05, 4.69) is 0 Å². The maximum absolute atomic E-state index is 9.28. The second kappa shape index (κ2) is 2.72. The first kappa shape index (κ1) is 5.50. The molecular formula is CHAuClO2. The Labute approximate surface area is 42.3 Å². The van der Waals surface area contributed by atoms with Crippen molar-refractivity contribution in [3.8, 4) is 0 Å². The van der Waals surface area contributed by atoms with Gasteiger partial charge in [0.25, 0.3) is 0 Å². The molecular weight excluding hydrogens is 276 g/mol. The van der Waals surface area contributed by atoms with Crippen LogP contribution in [0.25, 0.3) is 0 Å². The van der Waals surface area contributed by atoms with E-state index in [0.29, 0.717) is 0 Å². The molecule has 0 amide bonds. The van der Waals surface area contributed by atoms with Crippen LogP contribution in [0.4, 0.5) is 4.79 Å². The fraction of sp³-hybridized carbons (Fsp3) is 0. The zero-order chi connectivity index (χ0) is 4.28. The molecule has 35 valence electrons. The molecule has 0 aliphatic rings. The van der Waals surface area contributed by atoms with Crippen LogP contribution in [0.3, 0.4) is 0 Å². The third-order valence-corrected chi connectivity index (χ3v) is 1.20. The molecule has 0 fully saturated rings. The molecule has 0 spiro atoms. The number of hydrogen-bond acceptors (Lipinski definition) is 1. The summed E-state index contributed by atoms with van der Waals surface area (Å²) in [5.41, 5.74) is 0. The standard InChI is InChI=1S/CHO2.Au.ClH/c2-1-3;;/h(H,2,3);;1H/q;+1;/p-1. The van der Waals surface area contributed by atoms with Gasteiger partial charge in [0.1, 0.15) is 0 Å². The molecule has 5 heavy (non-hydrogen) atoms. The molecule has 4 heteroatoms. The van der Waals surface area contributed by atoms with E-state index in [1.807, 2.05) is 0 Å². The quantitative estimate of drug-likeness (QED) is 0.723. The van der Waals surface area contributed by atoms with Gasteiger partial charge in [0.05, 0.1) is 0 Å². The van der Waals surface area contributed by atoms with Gasteiger partial charge in [-0.25, -0.2) is 0 Å². The number of rotatable bonds is 1. The van der Waals surface area contributed by atoms with Crippen molar-refractivity contribution in [1.82, 2.24) is 0 Å². The van der Waals surface area contributed by atoms with E-state index < -0.39 is 22.9 Å². The van der Waals surface area contributed by atoms with Crippen molar-refractivity contribution < 1.29 is 28.6 Å². The molecule has 0 aromatic carbocycles. The van der Waals surface area contributed by atoms with E-state index in [9.17, 15) is 4.79 Å². The van der Waals surface area contributed by atoms with Crippen molar-refractivity contribution in [1.29, 1.82) is 0 Å². The van der Waals surface area contributed by atoms with Crippen LogP contribution < -0.4 is 0 Å². The Morgan fingerprint density at radius 3 is 2.20 bits per heavy atom. The molecule has 0 atom stereocenters. The maximum atomic E-state index is 9.28. The van der Waals surface area contributed by atoms with Gasteiger partial charge >= 0.3 is 42.0 Å². The summed E-state index contributed by atoms with van der Waals surface area (Å²) in [6, 6.07) is 0. The summed E-state index contributed by atoms with van der Waals surface area (Å²) in [5, 5.41) is 7.63. The Kier molecular flexibility index (Phi) is 2.99. The SMILES string of the molecule is O=[C](O)[Au][Cl]. The molecule has 0 rings (SSSR count). The van der Waals surface area contributed by atoms with Crippen molar-refractivity contribution in [3.05, 3.63) is 0 Å². The van der Waals surface area contributed by atoms with Crippen LogP contribution in [0.2, 0.25) is 0 Å². The predicted molar refractivity (Wildman–Crippen MR) is 13.9 cm³/mol. The van der Waals surface area contributed by atoms with Crippen LogP contribution in [-0.2, 0) is 18.7 Å². The van der Waals surface area contributed by atoms with Gasteiger partial charge in [0, 0.05) is 0 Å². The van der Waals surface area contributed by atoms with E-state index in [-0.39, 0.29) is 0 Å². The van der Waals surface area contributed by atoms with Crippen molar-refractivity contribution in [2.75, 3.05) is 0 Å². The molecule has 0 saturated heterocycles. The Morgan fingerprint density at radius 2 is 2.20 bits per heavy atom. The molecule has 1 N–H and O–H groups in total. The average molecular weight is 277 g/mol. The molecule has 2 nitrogen and oxygen atoms in total. The van der Waals surface area contributed by atoms with Crippen LogP contribution in [0.15, 0.2) is 0 Å². The Bertz CT molecular complexity index is 44.9. The van der Waals surface area contributed by atoms with Crippen molar-refractivity contribution >= 4 is 13.4 Å². The van der Waals surface area contributed by atoms with Crippen LogP contribution >= 0.6 is 9.19 Å². The van der Waals surface area contributed by atoms with Gasteiger partial charge in [0.15, 0.2) is 0 Å². The average Bonchev–Trinajstić information content (AvgIpc) is 1.38. The van der Waals surface area contributed by atoms with Crippen molar-refractivity contribution in [3.63, 3.8) is 0 Å². The second-order valence-electron chi connectivity index (χ2n) is 0.277. The summed E-state index contributed by atoms with van der Waals surface area (Å²) in [7, 11) is 4.83. The molecule has 0 saturated carbocycles. The molecule has 0 heterocycles. The van der Waals surface area contributed by atoms with Crippen LogP contribution in [-0.4, -0.2) is 9.29 Å². The fourth-order valence-corrected chi connectivity index (χ4v) is 0. The minimum absolute atomic E-state index is 0.883. The predicted octanol–water partition coefficient (Wildman–Crippen LogP) is 0.901. The number of hydrogen-bond donors (Lipinski definition) is 1.